The van der Waals surface area contributed by atoms with Crippen molar-refractivity contribution in [2.24, 2.45) is 5.92 Å². The standard InChI is InChI=1S/C16H20N4O3/c1-3-20-14-7-6-12(8-13(14)18-19-20)16(22)23-9-15(21)17-10(2)11-4-5-11/h6-8,10-11H,3-5,9H2,1-2H3,(H,17,21)/t10-/m0/s1. The second-order valence-corrected chi connectivity index (χ2v) is 5.88. The highest BCUT2D eigenvalue weighted by atomic mass is 16.5. The van der Waals surface area contributed by atoms with E-state index in [2.05, 4.69) is 15.6 Å². The van der Waals surface area contributed by atoms with Gasteiger partial charge in [-0.1, -0.05) is 5.21 Å². The zero-order valence-electron chi connectivity index (χ0n) is 13.3. The molecule has 0 bridgehead atoms. The third-order valence-electron chi connectivity index (χ3n) is 4.10. The van der Waals surface area contributed by atoms with Crippen LogP contribution >= 0.6 is 0 Å². The van der Waals surface area contributed by atoms with Gasteiger partial charge in [0.1, 0.15) is 5.52 Å². The topological polar surface area (TPSA) is 86.1 Å². The van der Waals surface area contributed by atoms with Crippen LogP contribution in [0.2, 0.25) is 0 Å². The molecule has 1 fully saturated rings. The lowest BCUT2D eigenvalue weighted by atomic mass is 10.2. The van der Waals surface area contributed by atoms with Crippen molar-refractivity contribution in [3.63, 3.8) is 0 Å². The van der Waals surface area contributed by atoms with Crippen LogP contribution in [0.15, 0.2) is 18.2 Å². The fourth-order valence-electron chi connectivity index (χ4n) is 2.56. The molecule has 1 saturated carbocycles. The average Bonchev–Trinajstić information content (AvgIpc) is 3.32. The van der Waals surface area contributed by atoms with Crippen LogP contribution in [-0.4, -0.2) is 39.5 Å². The molecule has 1 aliphatic carbocycles. The lowest BCUT2D eigenvalue weighted by Gasteiger charge is -2.12. The number of esters is 1. The molecule has 1 amide bonds. The first-order valence-corrected chi connectivity index (χ1v) is 7.88. The Morgan fingerprint density at radius 1 is 1.43 bits per heavy atom. The Labute approximate surface area is 134 Å². The molecule has 7 nitrogen and oxygen atoms in total. The highest BCUT2D eigenvalue weighted by molar-refractivity contribution is 5.94. The summed E-state index contributed by atoms with van der Waals surface area (Å²) in [4.78, 5) is 23.8. The molecule has 23 heavy (non-hydrogen) atoms. The fraction of sp³-hybridized carbons (Fsp3) is 0.500. The second kappa shape index (κ2) is 6.36. The number of nitrogens with zero attached hydrogens (tertiary/aromatic N) is 3. The molecule has 7 heteroatoms. The van der Waals surface area contributed by atoms with E-state index in [1.807, 2.05) is 13.8 Å². The summed E-state index contributed by atoms with van der Waals surface area (Å²) in [5.41, 5.74) is 1.86. The van der Waals surface area contributed by atoms with Crippen molar-refractivity contribution >= 4 is 22.9 Å². The van der Waals surface area contributed by atoms with Gasteiger partial charge in [0.2, 0.25) is 0 Å². The molecule has 3 rings (SSSR count). The lowest BCUT2D eigenvalue weighted by molar-refractivity contribution is -0.124. The number of ether oxygens (including phenoxy) is 1. The first kappa shape index (κ1) is 15.5. The number of aryl methyl sites for hydroxylation is 1. The Kier molecular flexibility index (Phi) is 4.27. The number of hydrogen-bond acceptors (Lipinski definition) is 5. The largest absolute Gasteiger partial charge is 0.452 e. The molecule has 122 valence electrons. The van der Waals surface area contributed by atoms with Crippen molar-refractivity contribution in [3.8, 4) is 0 Å². The van der Waals surface area contributed by atoms with Gasteiger partial charge in [-0.25, -0.2) is 9.48 Å². The van der Waals surface area contributed by atoms with Gasteiger partial charge in [-0.3, -0.25) is 4.79 Å². The Balaban J connectivity index is 1.58. The smallest absolute Gasteiger partial charge is 0.338 e. The Morgan fingerprint density at radius 3 is 2.91 bits per heavy atom. The third-order valence-corrected chi connectivity index (χ3v) is 4.10. The number of carbonyl (C=O) groups is 2. The molecule has 1 aliphatic rings. The van der Waals surface area contributed by atoms with E-state index in [4.69, 9.17) is 4.74 Å². The number of rotatable bonds is 6. The minimum atomic E-state index is -0.535. The molecular formula is C16H20N4O3. The van der Waals surface area contributed by atoms with E-state index in [0.717, 1.165) is 18.4 Å². The SMILES string of the molecule is CCn1nnc2cc(C(=O)OCC(=O)N[C@@H](C)C3CC3)ccc21. The summed E-state index contributed by atoms with van der Waals surface area (Å²) in [6.45, 7) is 4.38. The highest BCUT2D eigenvalue weighted by Crippen LogP contribution is 2.32. The second-order valence-electron chi connectivity index (χ2n) is 5.88. The number of hydrogen-bond donors (Lipinski definition) is 1. The van der Waals surface area contributed by atoms with Gasteiger partial charge in [0, 0.05) is 12.6 Å². The number of nitrogens with one attached hydrogen (secondary N) is 1. The maximum absolute atomic E-state index is 12.0. The number of aromatic nitrogens is 3. The van der Waals surface area contributed by atoms with Crippen molar-refractivity contribution < 1.29 is 14.3 Å². The van der Waals surface area contributed by atoms with Crippen LogP contribution in [0.4, 0.5) is 0 Å². The molecule has 0 saturated heterocycles. The van der Waals surface area contributed by atoms with Crippen LogP contribution in [0.1, 0.15) is 37.0 Å². The Hall–Kier alpha value is -2.44. The van der Waals surface area contributed by atoms with Crippen LogP contribution in [0.25, 0.3) is 11.0 Å². The van der Waals surface area contributed by atoms with Gasteiger partial charge >= 0.3 is 5.97 Å². The Bertz CT molecular complexity index is 736. The monoisotopic (exact) mass is 316 g/mol. The summed E-state index contributed by atoms with van der Waals surface area (Å²) in [6, 6.07) is 5.21. The first-order chi connectivity index (χ1) is 11.1. The molecule has 1 aromatic heterocycles. The fourth-order valence-corrected chi connectivity index (χ4v) is 2.56. The van der Waals surface area contributed by atoms with E-state index in [1.54, 1.807) is 22.9 Å². The Morgan fingerprint density at radius 2 is 2.22 bits per heavy atom. The summed E-state index contributed by atoms with van der Waals surface area (Å²) in [6.07, 6.45) is 2.30. The lowest BCUT2D eigenvalue weighted by Crippen LogP contribution is -2.37. The molecule has 0 aliphatic heterocycles. The molecule has 0 radical (unpaired) electrons. The van der Waals surface area contributed by atoms with Crippen molar-refractivity contribution in [2.75, 3.05) is 6.61 Å². The van der Waals surface area contributed by atoms with Crippen molar-refractivity contribution in [1.29, 1.82) is 0 Å². The number of carbonyl (C=O) groups excluding carboxylic acids is 2. The molecule has 1 N–H and O–H groups in total. The quantitative estimate of drug-likeness (QED) is 0.817. The van der Waals surface area contributed by atoms with Crippen LogP contribution in [0, 0.1) is 5.92 Å². The van der Waals surface area contributed by atoms with Crippen LogP contribution < -0.4 is 5.32 Å². The van der Waals surface area contributed by atoms with Crippen LogP contribution in [-0.2, 0) is 16.1 Å². The van der Waals surface area contributed by atoms with E-state index in [9.17, 15) is 9.59 Å². The summed E-state index contributed by atoms with van der Waals surface area (Å²) in [7, 11) is 0. The number of amides is 1. The normalized spacial score (nSPS) is 15.4. The van der Waals surface area contributed by atoms with Crippen molar-refractivity contribution in [1.82, 2.24) is 20.3 Å². The van der Waals surface area contributed by atoms with E-state index in [1.165, 1.54) is 0 Å². The first-order valence-electron chi connectivity index (χ1n) is 7.88. The van der Waals surface area contributed by atoms with Gasteiger partial charge in [-0.05, 0) is 50.8 Å². The molecule has 1 heterocycles. The molecule has 1 atom stereocenters. The van der Waals surface area contributed by atoms with Gasteiger partial charge in [-0.2, -0.15) is 0 Å². The van der Waals surface area contributed by atoms with Gasteiger partial charge < -0.3 is 10.1 Å². The number of fused-ring (bicyclic) bond motifs is 1. The van der Waals surface area contributed by atoms with E-state index in [-0.39, 0.29) is 18.6 Å². The third kappa shape index (κ3) is 3.49. The average molecular weight is 316 g/mol. The maximum atomic E-state index is 12.0. The zero-order chi connectivity index (χ0) is 16.4. The van der Waals surface area contributed by atoms with E-state index >= 15 is 0 Å². The van der Waals surface area contributed by atoms with Crippen molar-refractivity contribution in [3.05, 3.63) is 23.8 Å². The molecular weight excluding hydrogens is 296 g/mol. The van der Waals surface area contributed by atoms with E-state index in [0.29, 0.717) is 23.5 Å². The molecule has 1 aromatic carbocycles. The predicted molar refractivity (Wildman–Crippen MR) is 83.8 cm³/mol. The minimum absolute atomic E-state index is 0.140. The van der Waals surface area contributed by atoms with E-state index < -0.39 is 5.97 Å². The molecule has 0 spiro atoms. The van der Waals surface area contributed by atoms with Gasteiger partial charge in [0.05, 0.1) is 11.1 Å². The van der Waals surface area contributed by atoms with Gasteiger partial charge in [-0.15, -0.1) is 5.10 Å². The zero-order valence-corrected chi connectivity index (χ0v) is 13.3. The number of benzene rings is 1. The van der Waals surface area contributed by atoms with Crippen molar-refractivity contribution in [2.45, 2.75) is 39.3 Å². The molecule has 0 unspecified atom stereocenters. The van der Waals surface area contributed by atoms with Gasteiger partial charge in [0.15, 0.2) is 6.61 Å². The minimum Gasteiger partial charge on any atom is -0.452 e. The van der Waals surface area contributed by atoms with Crippen LogP contribution in [0.5, 0.6) is 0 Å². The highest BCUT2D eigenvalue weighted by Gasteiger charge is 2.29. The maximum Gasteiger partial charge on any atom is 0.338 e. The predicted octanol–water partition coefficient (Wildman–Crippen LogP) is 1.52. The van der Waals surface area contributed by atoms with Crippen LogP contribution in [0.3, 0.4) is 0 Å². The summed E-state index contributed by atoms with van der Waals surface area (Å²) < 4.78 is 6.81. The summed E-state index contributed by atoms with van der Waals surface area (Å²) in [5, 5.41) is 10.9. The van der Waals surface area contributed by atoms with Gasteiger partial charge in [0.25, 0.3) is 5.91 Å². The molecule has 2 aromatic rings. The summed E-state index contributed by atoms with van der Waals surface area (Å²) >= 11 is 0. The summed E-state index contributed by atoms with van der Waals surface area (Å²) in [5.74, 6) is -0.235.